The molecule has 5 N–H and O–H groups in total. The van der Waals surface area contributed by atoms with Crippen molar-refractivity contribution < 1.29 is 20.1 Å². The maximum absolute atomic E-state index is 9.99. The van der Waals surface area contributed by atoms with Crippen LogP contribution in [0, 0.1) is 4.77 Å². The summed E-state index contributed by atoms with van der Waals surface area (Å²) in [5.74, 6) is 0.244. The lowest BCUT2D eigenvalue weighted by Crippen LogP contribution is -2.33. The van der Waals surface area contributed by atoms with Gasteiger partial charge in [-0.2, -0.15) is 0 Å². The van der Waals surface area contributed by atoms with Gasteiger partial charge in [-0.15, -0.1) is 0 Å². The standard InChI is InChI=1S/C11H14BrN3O4S/c12-2-1-5-3-15(11(20)14-9(5)13)10-8(18)7(17)6(4-16)19-10/h1-3,6-8,10,16-18H,4H2,(H2,13,14,20)/b2-1+/t6-,7-,8+,10-/m1/s1. The second-order valence-electron chi connectivity index (χ2n) is 4.29. The lowest BCUT2D eigenvalue weighted by atomic mass is 10.1. The van der Waals surface area contributed by atoms with Crippen LogP contribution in [-0.2, 0) is 4.74 Å². The van der Waals surface area contributed by atoms with Crippen molar-refractivity contribution in [2.75, 3.05) is 12.3 Å². The molecule has 110 valence electrons. The first kappa shape index (κ1) is 15.5. The molecule has 0 aliphatic carbocycles. The third-order valence-corrected chi connectivity index (χ3v) is 3.61. The van der Waals surface area contributed by atoms with Crippen molar-refractivity contribution >= 4 is 40.0 Å². The summed E-state index contributed by atoms with van der Waals surface area (Å²) in [5, 5.41) is 28.8. The van der Waals surface area contributed by atoms with Crippen LogP contribution < -0.4 is 5.73 Å². The molecule has 0 aromatic carbocycles. The van der Waals surface area contributed by atoms with Crippen LogP contribution in [0.15, 0.2) is 11.2 Å². The van der Waals surface area contributed by atoms with Gasteiger partial charge in [0.25, 0.3) is 0 Å². The van der Waals surface area contributed by atoms with E-state index in [-0.39, 0.29) is 10.6 Å². The fraction of sp³-hybridized carbons (Fsp3) is 0.455. The molecule has 1 aliphatic rings. The highest BCUT2D eigenvalue weighted by Gasteiger charge is 2.43. The molecular formula is C11H14BrN3O4S. The number of hydrogen-bond donors (Lipinski definition) is 4. The summed E-state index contributed by atoms with van der Waals surface area (Å²) >= 11 is 8.22. The van der Waals surface area contributed by atoms with Crippen LogP contribution in [0.2, 0.25) is 0 Å². The van der Waals surface area contributed by atoms with Gasteiger partial charge in [0, 0.05) is 11.8 Å². The van der Waals surface area contributed by atoms with Crippen LogP contribution in [0.4, 0.5) is 5.82 Å². The van der Waals surface area contributed by atoms with Crippen LogP contribution in [0.3, 0.4) is 0 Å². The maximum atomic E-state index is 9.99. The molecule has 0 bridgehead atoms. The second kappa shape index (κ2) is 6.29. The number of aliphatic hydroxyl groups excluding tert-OH is 3. The Balaban J connectivity index is 2.43. The first-order valence-electron chi connectivity index (χ1n) is 5.77. The van der Waals surface area contributed by atoms with E-state index in [9.17, 15) is 10.2 Å². The van der Waals surface area contributed by atoms with Gasteiger partial charge < -0.3 is 25.8 Å². The topological polar surface area (TPSA) is 114 Å². The smallest absolute Gasteiger partial charge is 0.203 e. The molecule has 0 amide bonds. The number of nitrogens with zero attached hydrogens (tertiary/aromatic N) is 2. The Labute approximate surface area is 128 Å². The monoisotopic (exact) mass is 363 g/mol. The van der Waals surface area contributed by atoms with E-state index in [4.69, 9.17) is 27.8 Å². The zero-order valence-electron chi connectivity index (χ0n) is 10.3. The van der Waals surface area contributed by atoms with E-state index in [2.05, 4.69) is 20.9 Å². The van der Waals surface area contributed by atoms with Crippen molar-refractivity contribution in [3.63, 3.8) is 0 Å². The van der Waals surface area contributed by atoms with Crippen molar-refractivity contribution in [1.29, 1.82) is 0 Å². The number of hydrogen-bond acceptors (Lipinski definition) is 7. The Kier molecular flexibility index (Phi) is 4.89. The van der Waals surface area contributed by atoms with Crippen LogP contribution in [0.1, 0.15) is 11.8 Å². The van der Waals surface area contributed by atoms with Crippen molar-refractivity contribution in [1.82, 2.24) is 9.55 Å². The van der Waals surface area contributed by atoms with E-state index in [1.165, 1.54) is 4.57 Å². The van der Waals surface area contributed by atoms with Crippen molar-refractivity contribution in [2.24, 2.45) is 0 Å². The minimum atomic E-state index is -1.22. The first-order valence-corrected chi connectivity index (χ1v) is 7.10. The summed E-state index contributed by atoms with van der Waals surface area (Å²) < 4.78 is 6.92. The Morgan fingerprint density at radius 3 is 2.75 bits per heavy atom. The fourth-order valence-electron chi connectivity index (χ4n) is 1.98. The number of ether oxygens (including phenoxy) is 1. The lowest BCUT2D eigenvalue weighted by Gasteiger charge is -2.19. The van der Waals surface area contributed by atoms with E-state index < -0.39 is 31.1 Å². The zero-order valence-corrected chi connectivity index (χ0v) is 12.7. The van der Waals surface area contributed by atoms with Crippen LogP contribution in [-0.4, -0.2) is 49.8 Å². The summed E-state index contributed by atoms with van der Waals surface area (Å²) in [6.07, 6.45) is -0.975. The molecule has 1 saturated heterocycles. The van der Waals surface area contributed by atoms with Gasteiger partial charge in [0.2, 0.25) is 4.77 Å². The Morgan fingerprint density at radius 1 is 1.50 bits per heavy atom. The van der Waals surface area contributed by atoms with Gasteiger partial charge >= 0.3 is 0 Å². The number of halogens is 1. The number of anilines is 1. The molecule has 2 rings (SSSR count). The molecule has 0 spiro atoms. The number of nitrogens with two attached hydrogens (primary N) is 1. The Bertz CT molecular complexity index is 579. The Morgan fingerprint density at radius 2 is 2.20 bits per heavy atom. The van der Waals surface area contributed by atoms with E-state index in [1.807, 2.05) is 0 Å². The Hall–Kier alpha value is -0.840. The quantitative estimate of drug-likeness (QED) is 0.566. The molecule has 9 heteroatoms. The van der Waals surface area contributed by atoms with E-state index in [0.29, 0.717) is 5.56 Å². The van der Waals surface area contributed by atoms with Crippen molar-refractivity contribution in [3.8, 4) is 0 Å². The third-order valence-electron chi connectivity index (χ3n) is 3.04. The minimum absolute atomic E-state index is 0.115. The maximum Gasteiger partial charge on any atom is 0.203 e. The summed E-state index contributed by atoms with van der Waals surface area (Å²) in [4.78, 5) is 5.60. The van der Waals surface area contributed by atoms with E-state index in [1.54, 1.807) is 17.3 Å². The first-order chi connectivity index (χ1) is 9.49. The average molecular weight is 364 g/mol. The minimum Gasteiger partial charge on any atom is -0.394 e. The summed E-state index contributed by atoms with van der Waals surface area (Å²) in [6.45, 7) is -0.404. The number of aliphatic hydroxyl groups is 3. The van der Waals surface area contributed by atoms with E-state index >= 15 is 0 Å². The molecule has 4 atom stereocenters. The molecule has 1 fully saturated rings. The van der Waals surface area contributed by atoms with Gasteiger partial charge in [-0.05, 0) is 23.3 Å². The molecule has 7 nitrogen and oxygen atoms in total. The van der Waals surface area contributed by atoms with Crippen LogP contribution in [0.5, 0.6) is 0 Å². The van der Waals surface area contributed by atoms with Gasteiger partial charge in [-0.1, -0.05) is 15.9 Å². The van der Waals surface area contributed by atoms with Crippen LogP contribution in [0.25, 0.3) is 6.08 Å². The number of rotatable bonds is 3. The highest BCUT2D eigenvalue weighted by molar-refractivity contribution is 9.11. The fourth-order valence-corrected chi connectivity index (χ4v) is 2.52. The normalized spacial score (nSPS) is 30.2. The molecule has 2 heterocycles. The van der Waals surface area contributed by atoms with Gasteiger partial charge in [0.15, 0.2) is 6.23 Å². The predicted molar refractivity (Wildman–Crippen MR) is 78.4 cm³/mol. The molecule has 20 heavy (non-hydrogen) atoms. The zero-order chi connectivity index (χ0) is 14.9. The van der Waals surface area contributed by atoms with Crippen molar-refractivity contribution in [3.05, 3.63) is 21.5 Å². The van der Waals surface area contributed by atoms with Crippen LogP contribution >= 0.6 is 28.1 Å². The molecular weight excluding hydrogens is 350 g/mol. The van der Waals surface area contributed by atoms with Gasteiger partial charge in [-0.25, -0.2) is 4.98 Å². The molecule has 1 aromatic rings. The molecule has 0 saturated carbocycles. The van der Waals surface area contributed by atoms with Gasteiger partial charge in [0.05, 0.1) is 6.61 Å². The van der Waals surface area contributed by atoms with Crippen molar-refractivity contribution in [2.45, 2.75) is 24.5 Å². The highest BCUT2D eigenvalue weighted by atomic mass is 79.9. The largest absolute Gasteiger partial charge is 0.394 e. The summed E-state index contributed by atoms with van der Waals surface area (Å²) in [6, 6.07) is 0. The molecule has 0 radical (unpaired) electrons. The predicted octanol–water partition coefficient (Wildman–Crippen LogP) is 0.172. The highest BCUT2D eigenvalue weighted by Crippen LogP contribution is 2.30. The third kappa shape index (κ3) is 2.78. The number of aromatic nitrogens is 2. The van der Waals surface area contributed by atoms with Gasteiger partial charge in [0.1, 0.15) is 24.1 Å². The molecule has 0 unspecified atom stereocenters. The second-order valence-corrected chi connectivity index (χ2v) is 5.19. The van der Waals surface area contributed by atoms with E-state index in [0.717, 1.165) is 0 Å². The summed E-state index contributed by atoms with van der Waals surface area (Å²) in [7, 11) is 0. The SMILES string of the molecule is Nc1nc(=S)n([C@@H]2O[C@H](CO)[C@@H](O)[C@@H]2O)cc1/C=C/Br. The average Bonchev–Trinajstić information content (AvgIpc) is 2.70. The summed E-state index contributed by atoms with van der Waals surface area (Å²) in [5.41, 5.74) is 6.31. The van der Waals surface area contributed by atoms with Gasteiger partial charge in [-0.3, -0.25) is 4.57 Å². The number of nitrogen functional groups attached to an aromatic ring is 1. The molecule has 1 aromatic heterocycles. The molecule has 1 aliphatic heterocycles. The lowest BCUT2D eigenvalue weighted by molar-refractivity contribution is -0.0540.